The molecule has 2 aromatic rings. The predicted molar refractivity (Wildman–Crippen MR) is 105 cm³/mol. The van der Waals surface area contributed by atoms with Crippen LogP contribution in [0.5, 0.6) is 0 Å². The number of carbonyl (C=O) groups is 2. The third kappa shape index (κ3) is 5.77. The number of thiophene rings is 1. The summed E-state index contributed by atoms with van der Waals surface area (Å²) in [7, 11) is 0. The molecule has 2 N–H and O–H groups in total. The molecule has 1 aliphatic heterocycles. The van der Waals surface area contributed by atoms with Crippen LogP contribution >= 0.6 is 11.3 Å². The SMILES string of the molecule is O=C(CCCNC(=O)c1ccsc1)NCc1cccnc1N1CCOCC1. The molecule has 2 aromatic heterocycles. The summed E-state index contributed by atoms with van der Waals surface area (Å²) in [5, 5.41) is 9.45. The van der Waals surface area contributed by atoms with Crippen LogP contribution in [-0.2, 0) is 16.1 Å². The Morgan fingerprint density at radius 3 is 2.85 bits per heavy atom. The lowest BCUT2D eigenvalue weighted by Gasteiger charge is -2.29. The average molecular weight is 388 g/mol. The number of anilines is 1. The van der Waals surface area contributed by atoms with Crippen molar-refractivity contribution in [2.75, 3.05) is 37.7 Å². The molecule has 3 rings (SSSR count). The number of rotatable bonds is 8. The number of carbonyl (C=O) groups excluding carboxylic acids is 2. The van der Waals surface area contributed by atoms with Gasteiger partial charge in [-0.05, 0) is 23.9 Å². The highest BCUT2D eigenvalue weighted by atomic mass is 32.1. The van der Waals surface area contributed by atoms with Gasteiger partial charge in [0.05, 0.1) is 13.2 Å². The third-order valence-corrected chi connectivity index (χ3v) is 4.99. The summed E-state index contributed by atoms with van der Waals surface area (Å²) in [6.07, 6.45) is 2.74. The fraction of sp³-hybridized carbons (Fsp3) is 0.421. The van der Waals surface area contributed by atoms with Crippen molar-refractivity contribution < 1.29 is 14.3 Å². The quantitative estimate of drug-likeness (QED) is 0.674. The molecule has 0 aromatic carbocycles. The van der Waals surface area contributed by atoms with Gasteiger partial charge >= 0.3 is 0 Å². The molecule has 7 nitrogen and oxygen atoms in total. The first-order valence-corrected chi connectivity index (χ1v) is 10.0. The maximum atomic E-state index is 12.1. The fourth-order valence-corrected chi connectivity index (χ4v) is 3.49. The van der Waals surface area contributed by atoms with Crippen LogP contribution in [0.2, 0.25) is 0 Å². The lowest BCUT2D eigenvalue weighted by Crippen LogP contribution is -2.37. The summed E-state index contributed by atoms with van der Waals surface area (Å²) in [5.41, 5.74) is 1.66. The summed E-state index contributed by atoms with van der Waals surface area (Å²) < 4.78 is 5.39. The van der Waals surface area contributed by atoms with Crippen LogP contribution in [0.1, 0.15) is 28.8 Å². The van der Waals surface area contributed by atoms with E-state index in [0.29, 0.717) is 44.7 Å². The summed E-state index contributed by atoms with van der Waals surface area (Å²) >= 11 is 1.49. The second-order valence-corrected chi connectivity index (χ2v) is 7.01. The fourth-order valence-electron chi connectivity index (χ4n) is 2.86. The molecule has 0 spiro atoms. The standard InChI is InChI=1S/C19H24N4O3S/c24-17(4-2-7-21-19(25)16-5-12-27-14-16)22-13-15-3-1-6-20-18(15)23-8-10-26-11-9-23/h1,3,5-6,12,14H,2,4,7-11,13H2,(H,21,25)(H,22,24). The van der Waals surface area contributed by atoms with E-state index < -0.39 is 0 Å². The normalized spacial score (nSPS) is 14.0. The molecule has 0 bridgehead atoms. The highest BCUT2D eigenvalue weighted by molar-refractivity contribution is 7.08. The van der Waals surface area contributed by atoms with Crippen LogP contribution in [0, 0.1) is 0 Å². The largest absolute Gasteiger partial charge is 0.378 e. The molecule has 0 radical (unpaired) electrons. The van der Waals surface area contributed by atoms with Gasteiger partial charge < -0.3 is 20.3 Å². The minimum absolute atomic E-state index is 0.0310. The molecule has 0 unspecified atom stereocenters. The molecule has 0 atom stereocenters. The van der Waals surface area contributed by atoms with E-state index in [1.165, 1.54) is 11.3 Å². The number of morpholine rings is 1. The second-order valence-electron chi connectivity index (χ2n) is 6.23. The van der Waals surface area contributed by atoms with E-state index in [0.717, 1.165) is 24.5 Å². The number of aromatic nitrogens is 1. The minimum atomic E-state index is -0.0952. The van der Waals surface area contributed by atoms with Gasteiger partial charge in [-0.25, -0.2) is 4.98 Å². The van der Waals surface area contributed by atoms with Crippen molar-refractivity contribution in [1.82, 2.24) is 15.6 Å². The number of hydrogen-bond acceptors (Lipinski definition) is 6. The van der Waals surface area contributed by atoms with Gasteiger partial charge in [-0.3, -0.25) is 9.59 Å². The van der Waals surface area contributed by atoms with Gasteiger partial charge in [-0.2, -0.15) is 11.3 Å². The zero-order valence-corrected chi connectivity index (χ0v) is 16.0. The van der Waals surface area contributed by atoms with Gasteiger partial charge in [-0.1, -0.05) is 6.07 Å². The zero-order valence-electron chi connectivity index (χ0n) is 15.1. The first-order valence-electron chi connectivity index (χ1n) is 9.08. The molecule has 1 fully saturated rings. The van der Waals surface area contributed by atoms with Crippen molar-refractivity contribution in [2.24, 2.45) is 0 Å². The van der Waals surface area contributed by atoms with Gasteiger partial charge in [0.2, 0.25) is 5.91 Å². The van der Waals surface area contributed by atoms with Crippen molar-refractivity contribution in [2.45, 2.75) is 19.4 Å². The molecule has 2 amide bonds. The number of amides is 2. The van der Waals surface area contributed by atoms with Crippen molar-refractivity contribution >= 4 is 29.0 Å². The molecular formula is C19H24N4O3S. The van der Waals surface area contributed by atoms with E-state index in [1.807, 2.05) is 22.9 Å². The number of hydrogen-bond donors (Lipinski definition) is 2. The Balaban J connectivity index is 1.39. The van der Waals surface area contributed by atoms with Crippen molar-refractivity contribution in [3.8, 4) is 0 Å². The predicted octanol–water partition coefficient (Wildman–Crippen LogP) is 1.81. The zero-order chi connectivity index (χ0) is 18.9. The highest BCUT2D eigenvalue weighted by Gasteiger charge is 2.16. The lowest BCUT2D eigenvalue weighted by atomic mass is 10.2. The van der Waals surface area contributed by atoms with Gasteiger partial charge in [0.1, 0.15) is 5.82 Å². The maximum Gasteiger partial charge on any atom is 0.252 e. The van der Waals surface area contributed by atoms with Crippen LogP contribution < -0.4 is 15.5 Å². The van der Waals surface area contributed by atoms with Crippen molar-refractivity contribution in [1.29, 1.82) is 0 Å². The summed E-state index contributed by atoms with van der Waals surface area (Å²) in [6, 6.07) is 5.65. The molecule has 27 heavy (non-hydrogen) atoms. The van der Waals surface area contributed by atoms with Crippen LogP contribution in [-0.4, -0.2) is 49.6 Å². The van der Waals surface area contributed by atoms with Gasteiger partial charge in [0.15, 0.2) is 0 Å². The van der Waals surface area contributed by atoms with Crippen molar-refractivity contribution in [3.05, 3.63) is 46.3 Å². The Morgan fingerprint density at radius 2 is 2.07 bits per heavy atom. The second kappa shape index (κ2) is 10.0. The van der Waals surface area contributed by atoms with Gasteiger partial charge in [0.25, 0.3) is 5.91 Å². The Morgan fingerprint density at radius 1 is 1.22 bits per heavy atom. The number of nitrogens with one attached hydrogen (secondary N) is 2. The topological polar surface area (TPSA) is 83.6 Å². The molecule has 0 saturated carbocycles. The maximum absolute atomic E-state index is 12.1. The van der Waals surface area contributed by atoms with Crippen LogP contribution in [0.15, 0.2) is 35.2 Å². The van der Waals surface area contributed by atoms with E-state index >= 15 is 0 Å². The van der Waals surface area contributed by atoms with Crippen LogP contribution in [0.3, 0.4) is 0 Å². The highest BCUT2D eigenvalue weighted by Crippen LogP contribution is 2.18. The summed E-state index contributed by atoms with van der Waals surface area (Å²) in [4.78, 5) is 30.6. The Kier molecular flexibility index (Phi) is 7.18. The summed E-state index contributed by atoms with van der Waals surface area (Å²) in [6.45, 7) is 3.93. The number of pyridine rings is 1. The van der Waals surface area contributed by atoms with E-state index in [2.05, 4.69) is 20.5 Å². The van der Waals surface area contributed by atoms with Crippen LogP contribution in [0.25, 0.3) is 0 Å². The number of ether oxygens (including phenoxy) is 1. The van der Waals surface area contributed by atoms with Gasteiger partial charge in [-0.15, -0.1) is 0 Å². The van der Waals surface area contributed by atoms with E-state index in [4.69, 9.17) is 4.74 Å². The Labute approximate surface area is 162 Å². The monoisotopic (exact) mass is 388 g/mol. The van der Waals surface area contributed by atoms with E-state index in [-0.39, 0.29) is 11.8 Å². The molecule has 1 aliphatic rings. The minimum Gasteiger partial charge on any atom is -0.378 e. The first kappa shape index (κ1) is 19.3. The lowest BCUT2D eigenvalue weighted by molar-refractivity contribution is -0.121. The number of nitrogens with zero attached hydrogens (tertiary/aromatic N) is 2. The molecule has 8 heteroatoms. The van der Waals surface area contributed by atoms with Crippen molar-refractivity contribution in [3.63, 3.8) is 0 Å². The smallest absolute Gasteiger partial charge is 0.252 e. The summed E-state index contributed by atoms with van der Waals surface area (Å²) in [5.74, 6) is 0.780. The molecule has 1 saturated heterocycles. The first-order chi connectivity index (χ1) is 13.2. The Hall–Kier alpha value is -2.45. The molecule has 3 heterocycles. The van der Waals surface area contributed by atoms with Gasteiger partial charge in [0, 0.05) is 55.3 Å². The van der Waals surface area contributed by atoms with E-state index in [9.17, 15) is 9.59 Å². The molecule has 0 aliphatic carbocycles. The van der Waals surface area contributed by atoms with E-state index in [1.54, 1.807) is 12.3 Å². The molecule has 144 valence electrons. The third-order valence-electron chi connectivity index (χ3n) is 4.30. The Bertz CT molecular complexity index is 745. The average Bonchev–Trinajstić information content (AvgIpc) is 3.25. The molecular weight excluding hydrogens is 364 g/mol. The van der Waals surface area contributed by atoms with Crippen LogP contribution in [0.4, 0.5) is 5.82 Å².